The number of halogens is 1. The molecule has 1 aliphatic carbocycles. The largest absolute Gasteiger partial charge is 0.484 e. The van der Waals surface area contributed by atoms with Crippen LogP contribution in [0.5, 0.6) is 5.75 Å². The number of ether oxygens (including phenoxy) is 2. The highest BCUT2D eigenvalue weighted by Gasteiger charge is 2.23. The van der Waals surface area contributed by atoms with Gasteiger partial charge in [-0.3, -0.25) is 9.79 Å². The molecule has 1 aliphatic rings. The molecule has 1 amide bonds. The molecule has 33 heavy (non-hydrogen) atoms. The Bertz CT molecular complexity index is 875. The second-order valence-corrected chi connectivity index (χ2v) is 8.19. The van der Waals surface area contributed by atoms with Gasteiger partial charge in [-0.15, -0.1) is 24.0 Å². The molecule has 3 rings (SSSR count). The number of carbonyl (C=O) groups excluding carboxylic acids is 1. The lowest BCUT2D eigenvalue weighted by Gasteiger charge is -2.16. The molecule has 1 atom stereocenters. The molecule has 7 nitrogen and oxygen atoms in total. The molecular formula is C25H35IN4O3. The molecule has 0 spiro atoms. The number of benzene rings is 2. The Balaban J connectivity index is 0.00000385. The minimum atomic E-state index is -0.0671. The van der Waals surface area contributed by atoms with Crippen molar-refractivity contribution in [2.75, 3.05) is 26.8 Å². The molecule has 0 saturated heterocycles. The normalized spacial score (nSPS) is 14.1. The number of nitrogens with one attached hydrogen (secondary N) is 3. The molecule has 0 aromatic heterocycles. The fraction of sp³-hybridized carbons (Fsp3) is 0.440. The molecule has 2 aromatic carbocycles. The van der Waals surface area contributed by atoms with Crippen LogP contribution in [-0.4, -0.2) is 44.7 Å². The maximum atomic E-state index is 11.8. The summed E-state index contributed by atoms with van der Waals surface area (Å²) in [5.41, 5.74) is 2.23. The van der Waals surface area contributed by atoms with E-state index in [1.54, 1.807) is 7.05 Å². The van der Waals surface area contributed by atoms with Gasteiger partial charge in [0.2, 0.25) is 0 Å². The van der Waals surface area contributed by atoms with E-state index in [0.29, 0.717) is 37.5 Å². The summed E-state index contributed by atoms with van der Waals surface area (Å²) in [6.45, 7) is 4.84. The SMILES string of the molecule is CN=C(NCc1cccc(OCC(=O)NC2CC2)c1)NCC(C)COCc1ccccc1.I. The van der Waals surface area contributed by atoms with Gasteiger partial charge in [0, 0.05) is 26.2 Å². The van der Waals surface area contributed by atoms with Crippen LogP contribution in [0.25, 0.3) is 0 Å². The smallest absolute Gasteiger partial charge is 0.258 e. The molecular weight excluding hydrogens is 531 g/mol. The van der Waals surface area contributed by atoms with Gasteiger partial charge in [0.05, 0.1) is 13.2 Å². The highest BCUT2D eigenvalue weighted by Crippen LogP contribution is 2.18. The quantitative estimate of drug-likeness (QED) is 0.208. The van der Waals surface area contributed by atoms with Crippen molar-refractivity contribution in [3.05, 3.63) is 65.7 Å². The fourth-order valence-corrected chi connectivity index (χ4v) is 3.08. The summed E-state index contributed by atoms with van der Waals surface area (Å²) in [6.07, 6.45) is 2.14. The number of amides is 1. The molecule has 0 radical (unpaired) electrons. The van der Waals surface area contributed by atoms with Crippen molar-refractivity contribution < 1.29 is 14.3 Å². The summed E-state index contributed by atoms with van der Waals surface area (Å²) in [4.78, 5) is 16.1. The average Bonchev–Trinajstić information content (AvgIpc) is 3.63. The molecule has 0 heterocycles. The molecule has 2 aromatic rings. The minimum Gasteiger partial charge on any atom is -0.484 e. The van der Waals surface area contributed by atoms with Crippen molar-refractivity contribution in [1.29, 1.82) is 0 Å². The van der Waals surface area contributed by atoms with Crippen molar-refractivity contribution in [2.24, 2.45) is 10.9 Å². The molecule has 8 heteroatoms. The number of hydrogen-bond donors (Lipinski definition) is 3. The van der Waals surface area contributed by atoms with Gasteiger partial charge in [0.25, 0.3) is 5.91 Å². The Labute approximate surface area is 213 Å². The van der Waals surface area contributed by atoms with Crippen molar-refractivity contribution in [3.63, 3.8) is 0 Å². The van der Waals surface area contributed by atoms with Gasteiger partial charge in [0.15, 0.2) is 12.6 Å². The Morgan fingerprint density at radius 3 is 2.58 bits per heavy atom. The summed E-state index contributed by atoms with van der Waals surface area (Å²) in [6, 6.07) is 18.3. The molecule has 0 aliphatic heterocycles. The van der Waals surface area contributed by atoms with E-state index >= 15 is 0 Å². The first-order valence-corrected chi connectivity index (χ1v) is 11.2. The van der Waals surface area contributed by atoms with Crippen LogP contribution >= 0.6 is 24.0 Å². The Kier molecular flexibility index (Phi) is 12.0. The van der Waals surface area contributed by atoms with Crippen molar-refractivity contribution in [1.82, 2.24) is 16.0 Å². The van der Waals surface area contributed by atoms with Crippen LogP contribution in [0.3, 0.4) is 0 Å². The highest BCUT2D eigenvalue weighted by atomic mass is 127. The Hall–Kier alpha value is -2.33. The van der Waals surface area contributed by atoms with E-state index in [2.05, 4.69) is 40.0 Å². The van der Waals surface area contributed by atoms with Gasteiger partial charge in [-0.1, -0.05) is 49.4 Å². The van der Waals surface area contributed by atoms with Gasteiger partial charge in [-0.05, 0) is 42.0 Å². The first kappa shape index (κ1) is 26.9. The van der Waals surface area contributed by atoms with Gasteiger partial charge in [0.1, 0.15) is 5.75 Å². The monoisotopic (exact) mass is 566 g/mol. The van der Waals surface area contributed by atoms with E-state index in [4.69, 9.17) is 9.47 Å². The zero-order valence-corrected chi connectivity index (χ0v) is 21.7. The maximum Gasteiger partial charge on any atom is 0.258 e. The first-order chi connectivity index (χ1) is 15.6. The average molecular weight is 566 g/mol. The number of rotatable bonds is 12. The lowest BCUT2D eigenvalue weighted by atomic mass is 10.2. The van der Waals surface area contributed by atoms with Crippen LogP contribution in [0, 0.1) is 5.92 Å². The number of guanidine groups is 1. The third-order valence-corrected chi connectivity index (χ3v) is 5.03. The minimum absolute atomic E-state index is 0. The number of aliphatic imine (C=N–C) groups is 1. The number of nitrogens with zero attached hydrogens (tertiary/aromatic N) is 1. The summed E-state index contributed by atoms with van der Waals surface area (Å²) in [5.74, 6) is 1.69. The number of hydrogen-bond acceptors (Lipinski definition) is 4. The predicted octanol–water partition coefficient (Wildman–Crippen LogP) is 3.48. The van der Waals surface area contributed by atoms with Crippen molar-refractivity contribution in [3.8, 4) is 5.75 Å². The summed E-state index contributed by atoms with van der Waals surface area (Å²) in [5, 5.41) is 9.58. The van der Waals surface area contributed by atoms with Crippen LogP contribution in [-0.2, 0) is 22.7 Å². The first-order valence-electron chi connectivity index (χ1n) is 11.2. The summed E-state index contributed by atoms with van der Waals surface area (Å²) < 4.78 is 11.4. The topological polar surface area (TPSA) is 84.0 Å². The molecule has 0 bridgehead atoms. The molecule has 1 saturated carbocycles. The molecule has 3 N–H and O–H groups in total. The predicted molar refractivity (Wildman–Crippen MR) is 142 cm³/mol. The van der Waals surface area contributed by atoms with E-state index in [0.717, 1.165) is 30.9 Å². The Morgan fingerprint density at radius 2 is 1.85 bits per heavy atom. The van der Waals surface area contributed by atoms with E-state index < -0.39 is 0 Å². The van der Waals surface area contributed by atoms with Crippen molar-refractivity contribution >= 4 is 35.8 Å². The van der Waals surface area contributed by atoms with Gasteiger partial charge >= 0.3 is 0 Å². The zero-order chi connectivity index (χ0) is 22.6. The number of carbonyl (C=O) groups is 1. The van der Waals surface area contributed by atoms with Crippen LogP contribution in [0.15, 0.2) is 59.6 Å². The lowest BCUT2D eigenvalue weighted by Crippen LogP contribution is -2.39. The standard InChI is InChI=1S/C25H34N4O3.HI/c1-19(16-31-17-20-7-4-3-5-8-20)14-27-25(26-2)28-15-21-9-6-10-23(13-21)32-18-24(30)29-22-11-12-22;/h3-10,13,19,22H,11-12,14-18H2,1-2H3,(H,29,30)(H2,26,27,28);1H. The van der Waals surface area contributed by atoms with Crippen LogP contribution in [0.1, 0.15) is 30.9 Å². The highest BCUT2D eigenvalue weighted by molar-refractivity contribution is 14.0. The Morgan fingerprint density at radius 1 is 1.09 bits per heavy atom. The lowest BCUT2D eigenvalue weighted by molar-refractivity contribution is -0.123. The zero-order valence-electron chi connectivity index (χ0n) is 19.4. The van der Waals surface area contributed by atoms with Gasteiger partial charge in [-0.2, -0.15) is 0 Å². The molecule has 1 fully saturated rings. The second-order valence-electron chi connectivity index (χ2n) is 8.19. The van der Waals surface area contributed by atoms with Crippen LogP contribution in [0.2, 0.25) is 0 Å². The second kappa shape index (κ2) is 14.7. The van der Waals surface area contributed by atoms with E-state index in [1.165, 1.54) is 5.56 Å². The van der Waals surface area contributed by atoms with E-state index in [9.17, 15) is 4.79 Å². The van der Waals surface area contributed by atoms with Gasteiger partial charge < -0.3 is 25.4 Å². The maximum absolute atomic E-state index is 11.8. The fourth-order valence-electron chi connectivity index (χ4n) is 3.08. The summed E-state index contributed by atoms with van der Waals surface area (Å²) in [7, 11) is 1.75. The van der Waals surface area contributed by atoms with Crippen molar-refractivity contribution in [2.45, 2.75) is 39.0 Å². The third kappa shape index (κ3) is 10.9. The molecule has 180 valence electrons. The van der Waals surface area contributed by atoms with E-state index in [1.807, 2.05) is 42.5 Å². The molecule has 1 unspecified atom stereocenters. The third-order valence-electron chi connectivity index (χ3n) is 5.03. The van der Waals surface area contributed by atoms with Crippen LogP contribution < -0.4 is 20.7 Å². The summed E-state index contributed by atoms with van der Waals surface area (Å²) >= 11 is 0. The van der Waals surface area contributed by atoms with Crippen LogP contribution in [0.4, 0.5) is 0 Å². The van der Waals surface area contributed by atoms with Gasteiger partial charge in [-0.25, -0.2) is 0 Å². The van der Waals surface area contributed by atoms with E-state index in [-0.39, 0.29) is 36.5 Å².